The number of benzene rings is 2. The monoisotopic (exact) mass is 498 g/mol. The van der Waals surface area contributed by atoms with Crippen molar-refractivity contribution in [3.05, 3.63) is 76.0 Å². The highest BCUT2D eigenvalue weighted by molar-refractivity contribution is 9.10. The zero-order chi connectivity index (χ0) is 22.8. The van der Waals surface area contributed by atoms with Crippen LogP contribution in [-0.4, -0.2) is 41.0 Å². The molecule has 1 amide bonds. The number of methoxy groups -OCH3 is 2. The number of anilines is 2. The first-order valence-corrected chi connectivity index (χ1v) is 10.3. The molecule has 164 valence electrons. The number of allylic oxidation sites excluding steroid dienone is 1. The minimum Gasteiger partial charge on any atom is -0.493 e. The number of rotatable bonds is 6. The fraction of sp³-hybridized carbons (Fsp3) is 0.136. The molecule has 1 atom stereocenters. The van der Waals surface area contributed by atoms with Crippen molar-refractivity contribution in [3.63, 3.8) is 0 Å². The second-order valence-corrected chi connectivity index (χ2v) is 7.71. The van der Waals surface area contributed by atoms with Crippen molar-refractivity contribution in [1.82, 2.24) is 9.78 Å². The molecule has 3 aromatic rings. The quantitative estimate of drug-likeness (QED) is 0.472. The molecule has 2 heterocycles. The standard InChI is InChI=1S/C22H19BrN4O5/c1-31-18-8-7-12(9-19(18)32-2)25-21(28)14-11-24-27-17(13-5-3-4-6-15(13)23)10-16(22(29)30)26-20(14)27/h3-11,17,26H,1-2H3,(H,25,28)(H,29,30)/t17-/m0/s1. The van der Waals surface area contributed by atoms with Crippen LogP contribution in [-0.2, 0) is 4.79 Å². The van der Waals surface area contributed by atoms with Gasteiger partial charge >= 0.3 is 5.97 Å². The minimum absolute atomic E-state index is 0.0427. The smallest absolute Gasteiger partial charge is 0.352 e. The van der Waals surface area contributed by atoms with Gasteiger partial charge in [0.15, 0.2) is 11.5 Å². The molecule has 9 nitrogen and oxygen atoms in total. The van der Waals surface area contributed by atoms with Crippen LogP contribution in [0.25, 0.3) is 0 Å². The molecule has 2 aromatic carbocycles. The van der Waals surface area contributed by atoms with Crippen LogP contribution >= 0.6 is 15.9 Å². The van der Waals surface area contributed by atoms with E-state index >= 15 is 0 Å². The van der Waals surface area contributed by atoms with Crippen molar-refractivity contribution in [2.24, 2.45) is 0 Å². The zero-order valence-corrected chi connectivity index (χ0v) is 18.7. The van der Waals surface area contributed by atoms with Gasteiger partial charge in [-0.15, -0.1) is 0 Å². The SMILES string of the molecule is COc1ccc(NC(=O)c2cnn3c2NC(C(=O)O)=C[C@H]3c2ccccc2Br)cc1OC. The second-order valence-electron chi connectivity index (χ2n) is 6.85. The highest BCUT2D eigenvalue weighted by Crippen LogP contribution is 2.36. The van der Waals surface area contributed by atoms with E-state index in [2.05, 4.69) is 31.7 Å². The average molecular weight is 499 g/mol. The Morgan fingerprint density at radius 2 is 1.91 bits per heavy atom. The summed E-state index contributed by atoms with van der Waals surface area (Å²) in [6, 6.07) is 11.9. The first-order chi connectivity index (χ1) is 15.4. The highest BCUT2D eigenvalue weighted by atomic mass is 79.9. The highest BCUT2D eigenvalue weighted by Gasteiger charge is 2.30. The summed E-state index contributed by atoms with van der Waals surface area (Å²) in [6.07, 6.45) is 2.96. The summed E-state index contributed by atoms with van der Waals surface area (Å²) in [7, 11) is 3.03. The van der Waals surface area contributed by atoms with Gasteiger partial charge in [-0.05, 0) is 29.8 Å². The number of nitrogens with zero attached hydrogens (tertiary/aromatic N) is 2. The van der Waals surface area contributed by atoms with Crippen LogP contribution in [0.15, 0.2) is 64.9 Å². The summed E-state index contributed by atoms with van der Waals surface area (Å²) in [6.45, 7) is 0. The normalized spacial score (nSPS) is 14.6. The van der Waals surface area contributed by atoms with E-state index in [0.29, 0.717) is 17.2 Å². The van der Waals surface area contributed by atoms with Crippen LogP contribution in [0.5, 0.6) is 11.5 Å². The van der Waals surface area contributed by atoms with Gasteiger partial charge in [0.1, 0.15) is 23.1 Å². The number of carbonyl (C=O) groups excluding carboxylic acids is 1. The zero-order valence-electron chi connectivity index (χ0n) is 17.1. The topological polar surface area (TPSA) is 115 Å². The number of carboxylic acids is 1. The maximum absolute atomic E-state index is 13.0. The lowest BCUT2D eigenvalue weighted by atomic mass is 10.0. The number of fused-ring (bicyclic) bond motifs is 1. The molecule has 1 aliphatic heterocycles. The van der Waals surface area contributed by atoms with E-state index in [4.69, 9.17) is 9.47 Å². The molecule has 0 bridgehead atoms. The lowest BCUT2D eigenvalue weighted by Gasteiger charge is -2.25. The molecule has 0 saturated carbocycles. The first kappa shape index (κ1) is 21.4. The Labute approximate surface area is 191 Å². The van der Waals surface area contributed by atoms with Crippen molar-refractivity contribution in [3.8, 4) is 11.5 Å². The Morgan fingerprint density at radius 3 is 2.59 bits per heavy atom. The second kappa shape index (κ2) is 8.75. The van der Waals surface area contributed by atoms with Crippen molar-refractivity contribution in [2.45, 2.75) is 6.04 Å². The Hall–Kier alpha value is -3.79. The number of aliphatic carboxylic acids is 1. The van der Waals surface area contributed by atoms with Gasteiger partial charge in [-0.1, -0.05) is 34.1 Å². The maximum atomic E-state index is 13.0. The van der Waals surface area contributed by atoms with E-state index < -0.39 is 17.9 Å². The molecule has 0 radical (unpaired) electrons. The molecule has 1 aliphatic rings. The lowest BCUT2D eigenvalue weighted by molar-refractivity contribution is -0.132. The molecule has 0 saturated heterocycles. The maximum Gasteiger partial charge on any atom is 0.352 e. The molecule has 1 aromatic heterocycles. The predicted molar refractivity (Wildman–Crippen MR) is 121 cm³/mol. The number of nitrogens with one attached hydrogen (secondary N) is 2. The van der Waals surface area contributed by atoms with Crippen LogP contribution in [0.4, 0.5) is 11.5 Å². The minimum atomic E-state index is -1.14. The third kappa shape index (κ3) is 3.92. The Kier molecular flexibility index (Phi) is 5.87. The molecule has 0 fully saturated rings. The van der Waals surface area contributed by atoms with E-state index in [0.717, 1.165) is 10.0 Å². The summed E-state index contributed by atoms with van der Waals surface area (Å²) in [5.74, 6) is -0.319. The van der Waals surface area contributed by atoms with Crippen molar-refractivity contribution >= 4 is 39.3 Å². The van der Waals surface area contributed by atoms with E-state index in [1.165, 1.54) is 20.4 Å². The van der Waals surface area contributed by atoms with Gasteiger partial charge in [0.05, 0.1) is 20.4 Å². The molecule has 4 rings (SSSR count). The van der Waals surface area contributed by atoms with Gasteiger partial charge in [-0.2, -0.15) is 5.10 Å². The molecule has 0 spiro atoms. The Morgan fingerprint density at radius 1 is 1.16 bits per heavy atom. The number of carbonyl (C=O) groups is 2. The van der Waals surface area contributed by atoms with Gasteiger partial charge in [0.25, 0.3) is 5.91 Å². The molecular weight excluding hydrogens is 480 g/mol. The number of hydrogen-bond donors (Lipinski definition) is 3. The van der Waals surface area contributed by atoms with E-state index in [9.17, 15) is 14.7 Å². The average Bonchev–Trinajstić information content (AvgIpc) is 3.23. The van der Waals surface area contributed by atoms with Crippen LogP contribution < -0.4 is 20.1 Å². The third-order valence-corrected chi connectivity index (χ3v) is 5.70. The van der Waals surface area contributed by atoms with Gasteiger partial charge in [-0.3, -0.25) is 4.79 Å². The summed E-state index contributed by atoms with van der Waals surface area (Å²) in [5.41, 5.74) is 1.45. The van der Waals surface area contributed by atoms with Gasteiger partial charge in [-0.25, -0.2) is 9.48 Å². The van der Waals surface area contributed by atoms with Crippen LogP contribution in [0.2, 0.25) is 0 Å². The first-order valence-electron chi connectivity index (χ1n) is 9.50. The number of carboxylic acid groups (broad SMARTS) is 1. The Bertz CT molecular complexity index is 1240. The van der Waals surface area contributed by atoms with Gasteiger partial charge < -0.3 is 25.2 Å². The lowest BCUT2D eigenvalue weighted by Crippen LogP contribution is -2.25. The van der Waals surface area contributed by atoms with Crippen LogP contribution in [0, 0.1) is 0 Å². The fourth-order valence-electron chi connectivity index (χ4n) is 3.44. The number of halogens is 1. The van der Waals surface area contributed by atoms with Crippen molar-refractivity contribution in [1.29, 1.82) is 0 Å². The molecule has 0 aliphatic carbocycles. The molecule has 0 unspecified atom stereocenters. The largest absolute Gasteiger partial charge is 0.493 e. The summed E-state index contributed by atoms with van der Waals surface area (Å²) in [4.78, 5) is 24.8. The fourth-order valence-corrected chi connectivity index (χ4v) is 3.95. The van der Waals surface area contributed by atoms with Gasteiger partial charge in [0.2, 0.25) is 0 Å². The van der Waals surface area contributed by atoms with Crippen LogP contribution in [0.3, 0.4) is 0 Å². The van der Waals surface area contributed by atoms with Crippen molar-refractivity contribution in [2.75, 3.05) is 24.9 Å². The molecule has 10 heteroatoms. The molecular formula is C22H19BrN4O5. The van der Waals surface area contributed by atoms with E-state index in [-0.39, 0.29) is 17.1 Å². The van der Waals surface area contributed by atoms with Crippen molar-refractivity contribution < 1.29 is 24.2 Å². The van der Waals surface area contributed by atoms with Crippen LogP contribution in [0.1, 0.15) is 22.0 Å². The summed E-state index contributed by atoms with van der Waals surface area (Å²) in [5, 5.41) is 19.6. The van der Waals surface area contributed by atoms with E-state index in [1.807, 2.05) is 24.3 Å². The summed E-state index contributed by atoms with van der Waals surface area (Å²) >= 11 is 3.51. The number of ether oxygens (including phenoxy) is 2. The third-order valence-electron chi connectivity index (χ3n) is 4.98. The number of hydrogen-bond acceptors (Lipinski definition) is 6. The summed E-state index contributed by atoms with van der Waals surface area (Å²) < 4.78 is 12.9. The van der Waals surface area contributed by atoms with E-state index in [1.54, 1.807) is 29.0 Å². The Balaban J connectivity index is 1.70. The predicted octanol–water partition coefficient (Wildman–Crippen LogP) is 3.90. The molecule has 3 N–H and O–H groups in total. The van der Waals surface area contributed by atoms with Gasteiger partial charge in [0, 0.05) is 16.2 Å². The number of amides is 1. The molecule has 32 heavy (non-hydrogen) atoms. The number of aromatic nitrogens is 2.